The summed E-state index contributed by atoms with van der Waals surface area (Å²) in [6.07, 6.45) is 2.07. The van der Waals surface area contributed by atoms with Gasteiger partial charge >= 0.3 is 0 Å². The van der Waals surface area contributed by atoms with Crippen LogP contribution in [0.3, 0.4) is 0 Å². The molecule has 0 radical (unpaired) electrons. The lowest BCUT2D eigenvalue weighted by Gasteiger charge is -2.06. The molecule has 6 heteroatoms. The van der Waals surface area contributed by atoms with E-state index >= 15 is 0 Å². The molecule has 0 bridgehead atoms. The number of imidazole rings is 1. The monoisotopic (exact) mass is 339 g/mol. The van der Waals surface area contributed by atoms with Crippen LogP contribution in [0.25, 0.3) is 11.0 Å². The number of hydrogen-bond acceptors (Lipinski definition) is 2. The molecule has 19 heavy (non-hydrogen) atoms. The Morgan fingerprint density at radius 1 is 1.53 bits per heavy atom. The summed E-state index contributed by atoms with van der Waals surface area (Å²) >= 11 is 8.78. The van der Waals surface area contributed by atoms with Crippen molar-refractivity contribution in [2.45, 2.75) is 19.4 Å². The van der Waals surface area contributed by atoms with E-state index in [9.17, 15) is 4.79 Å². The molecule has 1 amide bonds. The highest BCUT2D eigenvalue weighted by molar-refractivity contribution is 9.10. The summed E-state index contributed by atoms with van der Waals surface area (Å²) in [6, 6.07) is 6.01. The van der Waals surface area contributed by atoms with Crippen LogP contribution in [-0.2, 0) is 11.3 Å². The van der Waals surface area contributed by atoms with Crippen molar-refractivity contribution in [3.05, 3.63) is 27.4 Å². The molecule has 0 spiro atoms. The topological polar surface area (TPSA) is 49.8 Å². The van der Waals surface area contributed by atoms with E-state index in [1.54, 1.807) is 0 Å². The molecule has 2 N–H and O–H groups in total. The van der Waals surface area contributed by atoms with Gasteiger partial charge in [-0.15, -0.1) is 0 Å². The Morgan fingerprint density at radius 2 is 2.32 bits per heavy atom. The zero-order valence-electron chi connectivity index (χ0n) is 10.3. The molecule has 0 atom stereocenters. The van der Waals surface area contributed by atoms with E-state index in [0.29, 0.717) is 17.9 Å². The lowest BCUT2D eigenvalue weighted by atomic mass is 10.3. The van der Waals surface area contributed by atoms with Crippen LogP contribution in [0.1, 0.15) is 12.8 Å². The van der Waals surface area contributed by atoms with E-state index in [1.165, 1.54) is 0 Å². The molecule has 0 unspecified atom stereocenters. The third kappa shape index (κ3) is 2.74. The van der Waals surface area contributed by atoms with Gasteiger partial charge in [0.15, 0.2) is 4.77 Å². The highest BCUT2D eigenvalue weighted by Crippen LogP contribution is 2.28. The summed E-state index contributed by atoms with van der Waals surface area (Å²) in [4.78, 5) is 14.7. The van der Waals surface area contributed by atoms with E-state index in [1.807, 2.05) is 22.8 Å². The fourth-order valence-electron chi connectivity index (χ4n) is 2.13. The first-order valence-corrected chi connectivity index (χ1v) is 7.51. The number of benzene rings is 1. The number of halogens is 1. The number of rotatable bonds is 4. The van der Waals surface area contributed by atoms with E-state index in [-0.39, 0.29) is 11.8 Å². The summed E-state index contributed by atoms with van der Waals surface area (Å²) < 4.78 is 3.72. The summed E-state index contributed by atoms with van der Waals surface area (Å²) in [6.45, 7) is 1.30. The largest absolute Gasteiger partial charge is 0.354 e. The van der Waals surface area contributed by atoms with E-state index in [0.717, 1.165) is 28.3 Å². The van der Waals surface area contributed by atoms with Crippen molar-refractivity contribution in [2.24, 2.45) is 5.92 Å². The number of carbonyl (C=O) groups excluding carboxylic acids is 1. The number of amides is 1. The number of nitrogens with one attached hydrogen (secondary N) is 2. The van der Waals surface area contributed by atoms with Gasteiger partial charge in [-0.05, 0) is 43.3 Å². The summed E-state index contributed by atoms with van der Waals surface area (Å²) in [5.74, 6) is 0.428. The van der Waals surface area contributed by atoms with Crippen molar-refractivity contribution in [1.82, 2.24) is 14.9 Å². The minimum atomic E-state index is 0.174. The van der Waals surface area contributed by atoms with Gasteiger partial charge in [-0.2, -0.15) is 0 Å². The van der Waals surface area contributed by atoms with Gasteiger partial charge in [0.1, 0.15) is 0 Å². The van der Waals surface area contributed by atoms with Gasteiger partial charge in [-0.1, -0.05) is 15.9 Å². The van der Waals surface area contributed by atoms with Crippen LogP contribution in [0.15, 0.2) is 22.7 Å². The fourth-order valence-corrected chi connectivity index (χ4v) is 2.78. The Morgan fingerprint density at radius 3 is 3.05 bits per heavy atom. The number of aromatic amines is 1. The minimum absolute atomic E-state index is 0.174. The van der Waals surface area contributed by atoms with E-state index in [2.05, 4.69) is 26.2 Å². The predicted molar refractivity (Wildman–Crippen MR) is 80.6 cm³/mol. The van der Waals surface area contributed by atoms with Crippen molar-refractivity contribution in [1.29, 1.82) is 0 Å². The first kappa shape index (κ1) is 12.9. The quantitative estimate of drug-likeness (QED) is 0.841. The maximum absolute atomic E-state index is 11.6. The van der Waals surface area contributed by atoms with Crippen LogP contribution in [0.5, 0.6) is 0 Å². The Bertz CT molecular complexity index is 687. The Balaban J connectivity index is 1.76. The average molecular weight is 340 g/mol. The molecule has 1 aromatic heterocycles. The van der Waals surface area contributed by atoms with Gasteiger partial charge in [-0.25, -0.2) is 0 Å². The van der Waals surface area contributed by atoms with Crippen LogP contribution >= 0.6 is 28.1 Å². The molecule has 1 saturated carbocycles. The Labute approximate surface area is 124 Å². The molecule has 100 valence electrons. The molecule has 3 rings (SSSR count). The Kier molecular flexibility index (Phi) is 3.45. The molecule has 1 heterocycles. The highest BCUT2D eigenvalue weighted by atomic mass is 79.9. The molecule has 1 aliphatic carbocycles. The van der Waals surface area contributed by atoms with Crippen molar-refractivity contribution in [2.75, 3.05) is 6.54 Å². The number of fused-ring (bicyclic) bond motifs is 1. The Hall–Kier alpha value is -1.14. The van der Waals surface area contributed by atoms with Crippen molar-refractivity contribution in [3.63, 3.8) is 0 Å². The minimum Gasteiger partial charge on any atom is -0.354 e. The molecule has 0 saturated heterocycles. The van der Waals surface area contributed by atoms with Crippen molar-refractivity contribution in [3.8, 4) is 0 Å². The number of hydrogen-bond donors (Lipinski definition) is 2. The van der Waals surface area contributed by atoms with Gasteiger partial charge in [0.25, 0.3) is 0 Å². The molecule has 0 aliphatic heterocycles. The SMILES string of the molecule is O=C(NCCn1c(=S)[nH]c2ccc(Br)cc21)C1CC1. The van der Waals surface area contributed by atoms with Gasteiger partial charge in [-0.3, -0.25) is 4.79 Å². The number of aromatic nitrogens is 2. The molecule has 2 aromatic rings. The first-order chi connectivity index (χ1) is 9.15. The van der Waals surface area contributed by atoms with Crippen LogP contribution < -0.4 is 5.32 Å². The van der Waals surface area contributed by atoms with Gasteiger partial charge in [0, 0.05) is 23.5 Å². The lowest BCUT2D eigenvalue weighted by molar-refractivity contribution is -0.122. The van der Waals surface area contributed by atoms with Crippen LogP contribution in [-0.4, -0.2) is 22.0 Å². The van der Waals surface area contributed by atoms with Crippen LogP contribution in [0, 0.1) is 10.7 Å². The molecule has 1 aromatic carbocycles. The maximum Gasteiger partial charge on any atom is 0.223 e. The molecule has 1 fully saturated rings. The third-order valence-corrected chi connectivity index (χ3v) is 4.14. The summed E-state index contributed by atoms with van der Waals surface area (Å²) in [5.41, 5.74) is 2.07. The smallest absolute Gasteiger partial charge is 0.223 e. The average Bonchev–Trinajstić information content (AvgIpc) is 3.17. The van der Waals surface area contributed by atoms with Crippen molar-refractivity contribution < 1.29 is 4.79 Å². The van der Waals surface area contributed by atoms with Crippen LogP contribution in [0.4, 0.5) is 0 Å². The van der Waals surface area contributed by atoms with E-state index in [4.69, 9.17) is 12.2 Å². The van der Waals surface area contributed by atoms with Crippen LogP contribution in [0.2, 0.25) is 0 Å². The van der Waals surface area contributed by atoms with Gasteiger partial charge in [0.2, 0.25) is 5.91 Å². The molecular weight excluding hydrogens is 326 g/mol. The number of H-pyrrole nitrogens is 1. The van der Waals surface area contributed by atoms with E-state index < -0.39 is 0 Å². The molecule has 1 aliphatic rings. The second-order valence-corrected chi connectivity index (χ2v) is 6.11. The number of carbonyl (C=O) groups is 1. The fraction of sp³-hybridized carbons (Fsp3) is 0.385. The summed E-state index contributed by atoms with van der Waals surface area (Å²) in [7, 11) is 0. The highest BCUT2D eigenvalue weighted by Gasteiger charge is 2.29. The van der Waals surface area contributed by atoms with Crippen molar-refractivity contribution >= 4 is 45.1 Å². The lowest BCUT2D eigenvalue weighted by Crippen LogP contribution is -2.28. The zero-order chi connectivity index (χ0) is 13.4. The predicted octanol–water partition coefficient (Wildman–Crippen LogP) is 2.99. The zero-order valence-corrected chi connectivity index (χ0v) is 12.7. The van der Waals surface area contributed by atoms with Gasteiger partial charge in [0.05, 0.1) is 11.0 Å². The second kappa shape index (κ2) is 5.09. The standard InChI is InChI=1S/C13H14BrN3OS/c14-9-3-4-10-11(7-9)17(13(19)16-10)6-5-15-12(18)8-1-2-8/h3-4,7-8H,1-2,5-6H2,(H,15,18)(H,16,19). The molecule has 4 nitrogen and oxygen atoms in total. The summed E-state index contributed by atoms with van der Waals surface area (Å²) in [5, 5.41) is 2.96. The maximum atomic E-state index is 11.6. The normalized spacial score (nSPS) is 14.8. The molecular formula is C13H14BrN3OS. The first-order valence-electron chi connectivity index (χ1n) is 6.31. The number of nitrogens with zero attached hydrogens (tertiary/aromatic N) is 1. The van der Waals surface area contributed by atoms with Gasteiger partial charge < -0.3 is 14.9 Å². The second-order valence-electron chi connectivity index (χ2n) is 4.81. The third-order valence-electron chi connectivity index (χ3n) is 3.32.